The van der Waals surface area contributed by atoms with E-state index < -0.39 is 0 Å². The summed E-state index contributed by atoms with van der Waals surface area (Å²) in [6, 6.07) is 0. The quantitative estimate of drug-likeness (QED) is 0.735. The van der Waals surface area contributed by atoms with Crippen molar-refractivity contribution in [3.05, 3.63) is 11.4 Å². The minimum atomic E-state index is 0.632. The molecule has 0 atom stereocenters. The molecule has 0 saturated heterocycles. The topological polar surface area (TPSA) is 53.9 Å². The van der Waals surface area contributed by atoms with Crippen molar-refractivity contribution in [2.75, 3.05) is 32.5 Å². The third kappa shape index (κ3) is 4.53. The van der Waals surface area contributed by atoms with Gasteiger partial charge in [0.25, 0.3) is 0 Å². The van der Waals surface area contributed by atoms with Crippen LogP contribution >= 0.6 is 0 Å². The second-order valence-electron chi connectivity index (χ2n) is 4.24. The molecule has 0 bridgehead atoms. The highest BCUT2D eigenvalue weighted by molar-refractivity contribution is 5.24. The number of aryl methyl sites for hydroxylation is 2. The van der Waals surface area contributed by atoms with E-state index in [4.69, 9.17) is 0 Å². The van der Waals surface area contributed by atoms with Crippen molar-refractivity contribution < 1.29 is 0 Å². The smallest absolute Gasteiger partial charge is 0.242 e. The van der Waals surface area contributed by atoms with E-state index in [1.165, 1.54) is 6.42 Å². The molecule has 0 saturated carbocycles. The third-order valence-corrected chi connectivity index (χ3v) is 2.41. The maximum atomic E-state index is 4.31. The van der Waals surface area contributed by atoms with E-state index in [9.17, 15) is 0 Å². The molecule has 0 aliphatic carbocycles. The number of aromatic nitrogens is 3. The van der Waals surface area contributed by atoms with Crippen molar-refractivity contribution >= 4 is 5.95 Å². The zero-order valence-corrected chi connectivity index (χ0v) is 10.6. The van der Waals surface area contributed by atoms with Gasteiger partial charge in [0.05, 0.1) is 11.4 Å². The highest BCUT2D eigenvalue weighted by Gasteiger charge is 2.00. The Bertz CT molecular complexity index is 324. The summed E-state index contributed by atoms with van der Waals surface area (Å²) < 4.78 is 0. The molecular formula is C11H21N5. The maximum absolute atomic E-state index is 4.31. The lowest BCUT2D eigenvalue weighted by Gasteiger charge is -2.09. The minimum absolute atomic E-state index is 0.632. The summed E-state index contributed by atoms with van der Waals surface area (Å²) in [5.41, 5.74) is 1.82. The van der Waals surface area contributed by atoms with Gasteiger partial charge in [-0.05, 0) is 47.3 Å². The molecule has 0 spiro atoms. The van der Waals surface area contributed by atoms with Gasteiger partial charge < -0.3 is 10.2 Å². The van der Waals surface area contributed by atoms with Gasteiger partial charge in [0.2, 0.25) is 5.95 Å². The van der Waals surface area contributed by atoms with E-state index in [0.717, 1.165) is 30.9 Å². The molecule has 0 fully saturated rings. The lowest BCUT2D eigenvalue weighted by atomic mass is 10.3. The first-order chi connectivity index (χ1) is 7.59. The van der Waals surface area contributed by atoms with Crippen molar-refractivity contribution in [2.24, 2.45) is 0 Å². The lowest BCUT2D eigenvalue weighted by molar-refractivity contribution is 0.396. The fourth-order valence-corrected chi connectivity index (χ4v) is 1.28. The van der Waals surface area contributed by atoms with Crippen LogP contribution in [0.1, 0.15) is 24.2 Å². The molecule has 0 aliphatic rings. The normalized spacial score (nSPS) is 10.8. The lowest BCUT2D eigenvalue weighted by Crippen LogP contribution is -2.15. The largest absolute Gasteiger partial charge is 0.353 e. The van der Waals surface area contributed by atoms with Gasteiger partial charge in [-0.1, -0.05) is 0 Å². The summed E-state index contributed by atoms with van der Waals surface area (Å²) in [5, 5.41) is 11.2. The van der Waals surface area contributed by atoms with Crippen LogP contribution in [0.2, 0.25) is 0 Å². The number of hydrogen-bond acceptors (Lipinski definition) is 5. The minimum Gasteiger partial charge on any atom is -0.353 e. The zero-order chi connectivity index (χ0) is 12.0. The van der Waals surface area contributed by atoms with E-state index in [0.29, 0.717) is 5.95 Å². The summed E-state index contributed by atoms with van der Waals surface area (Å²) in [4.78, 5) is 6.50. The maximum Gasteiger partial charge on any atom is 0.242 e. The van der Waals surface area contributed by atoms with Crippen molar-refractivity contribution in [3.63, 3.8) is 0 Å². The Balaban J connectivity index is 2.24. The predicted octanol–water partition coefficient (Wildman–Crippen LogP) is 1.24. The van der Waals surface area contributed by atoms with Crippen LogP contribution in [0.25, 0.3) is 0 Å². The van der Waals surface area contributed by atoms with Crippen LogP contribution in [-0.4, -0.2) is 47.3 Å². The SMILES string of the molecule is Cc1nnc(NCCCCN(C)C)nc1C. The molecule has 5 nitrogen and oxygen atoms in total. The number of nitrogens with zero attached hydrogens (tertiary/aromatic N) is 4. The fourth-order valence-electron chi connectivity index (χ4n) is 1.28. The van der Waals surface area contributed by atoms with Gasteiger partial charge in [0.1, 0.15) is 0 Å². The van der Waals surface area contributed by atoms with Crippen molar-refractivity contribution in [3.8, 4) is 0 Å². The summed E-state index contributed by atoms with van der Waals surface area (Å²) in [6.45, 7) is 5.88. The molecule has 1 N–H and O–H groups in total. The second-order valence-corrected chi connectivity index (χ2v) is 4.24. The molecule has 1 aromatic rings. The van der Waals surface area contributed by atoms with Crippen LogP contribution in [0.5, 0.6) is 0 Å². The van der Waals surface area contributed by atoms with Crippen LogP contribution < -0.4 is 5.32 Å². The molecule has 1 aromatic heterocycles. The first-order valence-corrected chi connectivity index (χ1v) is 5.66. The van der Waals surface area contributed by atoms with Crippen LogP contribution in [0.4, 0.5) is 5.95 Å². The summed E-state index contributed by atoms with van der Waals surface area (Å²) in [5.74, 6) is 0.632. The van der Waals surface area contributed by atoms with E-state index >= 15 is 0 Å². The van der Waals surface area contributed by atoms with E-state index in [1.54, 1.807) is 0 Å². The summed E-state index contributed by atoms with van der Waals surface area (Å²) in [6.07, 6.45) is 2.30. The molecule has 90 valence electrons. The van der Waals surface area contributed by atoms with Gasteiger partial charge in [-0.15, -0.1) is 5.10 Å². The summed E-state index contributed by atoms with van der Waals surface area (Å²) in [7, 11) is 4.17. The molecule has 0 unspecified atom stereocenters. The Kier molecular flexibility index (Phi) is 5.11. The highest BCUT2D eigenvalue weighted by atomic mass is 15.2. The fraction of sp³-hybridized carbons (Fsp3) is 0.727. The summed E-state index contributed by atoms with van der Waals surface area (Å²) >= 11 is 0. The van der Waals surface area contributed by atoms with Crippen LogP contribution in [0, 0.1) is 13.8 Å². The van der Waals surface area contributed by atoms with Gasteiger partial charge in [0.15, 0.2) is 0 Å². The Morgan fingerprint density at radius 1 is 1.06 bits per heavy atom. The standard InChI is InChI=1S/C11H21N5/c1-9-10(2)14-15-11(13-9)12-7-5-6-8-16(3)4/h5-8H2,1-4H3,(H,12,13,15). The molecule has 16 heavy (non-hydrogen) atoms. The van der Waals surface area contributed by atoms with E-state index in [-0.39, 0.29) is 0 Å². The van der Waals surface area contributed by atoms with Gasteiger partial charge in [-0.2, -0.15) is 5.10 Å². The second kappa shape index (κ2) is 6.37. The van der Waals surface area contributed by atoms with Crippen LogP contribution in [-0.2, 0) is 0 Å². The van der Waals surface area contributed by atoms with Crippen molar-refractivity contribution in [1.82, 2.24) is 20.1 Å². The van der Waals surface area contributed by atoms with Crippen molar-refractivity contribution in [2.45, 2.75) is 26.7 Å². The number of unbranched alkanes of at least 4 members (excludes halogenated alkanes) is 1. The average molecular weight is 223 g/mol. The van der Waals surface area contributed by atoms with Gasteiger partial charge >= 0.3 is 0 Å². The van der Waals surface area contributed by atoms with Crippen LogP contribution in [0.15, 0.2) is 0 Å². The Labute approximate surface area is 97.3 Å². The predicted molar refractivity (Wildman–Crippen MR) is 65.6 cm³/mol. The van der Waals surface area contributed by atoms with Gasteiger partial charge in [0, 0.05) is 6.54 Å². The molecule has 0 amide bonds. The monoisotopic (exact) mass is 223 g/mol. The molecule has 0 aromatic carbocycles. The first-order valence-electron chi connectivity index (χ1n) is 5.66. The molecular weight excluding hydrogens is 202 g/mol. The number of nitrogens with one attached hydrogen (secondary N) is 1. The number of rotatable bonds is 6. The van der Waals surface area contributed by atoms with E-state index in [2.05, 4.69) is 39.5 Å². The Hall–Kier alpha value is -1.23. The Morgan fingerprint density at radius 3 is 2.44 bits per heavy atom. The average Bonchev–Trinajstić information content (AvgIpc) is 2.22. The number of hydrogen-bond donors (Lipinski definition) is 1. The molecule has 1 rings (SSSR count). The van der Waals surface area contributed by atoms with E-state index in [1.807, 2.05) is 13.8 Å². The first kappa shape index (κ1) is 12.8. The zero-order valence-electron chi connectivity index (χ0n) is 10.6. The van der Waals surface area contributed by atoms with Gasteiger partial charge in [-0.3, -0.25) is 0 Å². The number of anilines is 1. The van der Waals surface area contributed by atoms with Gasteiger partial charge in [-0.25, -0.2) is 4.98 Å². The molecule has 1 heterocycles. The third-order valence-electron chi connectivity index (χ3n) is 2.41. The molecule has 5 heteroatoms. The highest BCUT2D eigenvalue weighted by Crippen LogP contribution is 2.02. The Morgan fingerprint density at radius 2 is 1.81 bits per heavy atom. The van der Waals surface area contributed by atoms with Crippen molar-refractivity contribution in [1.29, 1.82) is 0 Å². The molecule has 0 aliphatic heterocycles. The van der Waals surface area contributed by atoms with Crippen LogP contribution in [0.3, 0.4) is 0 Å². The molecule has 0 radical (unpaired) electrons.